The maximum Gasteiger partial charge on any atom is 0.339 e. The predicted octanol–water partition coefficient (Wildman–Crippen LogP) is 1.50. The Bertz CT molecular complexity index is 516. The maximum absolute atomic E-state index is 11.6. The summed E-state index contributed by atoms with van der Waals surface area (Å²) in [5.41, 5.74) is -0.718. The first-order valence-corrected chi connectivity index (χ1v) is 6.37. The van der Waals surface area contributed by atoms with E-state index < -0.39 is 21.2 Å². The molecule has 4 nitrogen and oxygen atoms in total. The van der Waals surface area contributed by atoms with Gasteiger partial charge in [0, 0.05) is 11.8 Å². The minimum atomic E-state index is -3.41. The molecule has 1 aliphatic rings. The van der Waals surface area contributed by atoms with Gasteiger partial charge in [0.15, 0.2) is 0 Å². The smallest absolute Gasteiger partial charge is 0.339 e. The number of carbonyl (C=O) groups is 1. The number of benzene rings is 1. The van der Waals surface area contributed by atoms with Gasteiger partial charge in [-0.2, -0.15) is 0 Å². The van der Waals surface area contributed by atoms with Crippen molar-refractivity contribution >= 4 is 15.8 Å². The van der Waals surface area contributed by atoms with Crippen LogP contribution in [0.25, 0.3) is 0 Å². The molecule has 0 bridgehead atoms. The highest BCUT2D eigenvalue weighted by molar-refractivity contribution is 7.95. The Hall–Kier alpha value is -1.62. The van der Waals surface area contributed by atoms with Crippen LogP contribution in [0.3, 0.4) is 0 Å². The summed E-state index contributed by atoms with van der Waals surface area (Å²) in [5.74, 6) is -0.613. The lowest BCUT2D eigenvalue weighted by atomic mass is 10.2. The topological polar surface area (TPSA) is 60.4 Å². The van der Waals surface area contributed by atoms with Crippen molar-refractivity contribution in [1.82, 2.24) is 0 Å². The molecule has 0 aliphatic carbocycles. The van der Waals surface area contributed by atoms with Crippen molar-refractivity contribution in [2.45, 2.75) is 11.9 Å². The van der Waals surface area contributed by atoms with Gasteiger partial charge in [0.2, 0.25) is 15.3 Å². The summed E-state index contributed by atoms with van der Waals surface area (Å²) in [4.78, 5) is 11.6. The first-order valence-electron chi connectivity index (χ1n) is 4.76. The van der Waals surface area contributed by atoms with Crippen molar-refractivity contribution in [3.8, 4) is 0 Å². The second-order valence-corrected chi connectivity index (χ2v) is 5.37. The normalized spacial score (nSPS) is 21.9. The van der Waals surface area contributed by atoms with E-state index in [9.17, 15) is 13.2 Å². The van der Waals surface area contributed by atoms with Gasteiger partial charge in [-0.3, -0.25) is 0 Å². The summed E-state index contributed by atoms with van der Waals surface area (Å²) in [6.07, 6.45) is 1.71. The van der Waals surface area contributed by atoms with Crippen LogP contribution >= 0.6 is 0 Å². The van der Waals surface area contributed by atoms with Gasteiger partial charge in [-0.1, -0.05) is 24.3 Å². The molecule has 0 spiro atoms. The molecule has 5 heteroatoms. The van der Waals surface area contributed by atoms with Crippen LogP contribution in [0.5, 0.6) is 0 Å². The molecule has 16 heavy (non-hydrogen) atoms. The highest BCUT2D eigenvalue weighted by Crippen LogP contribution is 2.19. The monoisotopic (exact) mass is 238 g/mol. The second kappa shape index (κ2) is 4.09. The average Bonchev–Trinajstić information content (AvgIpc) is 2.59. The molecule has 1 unspecified atom stereocenters. The lowest BCUT2D eigenvalue weighted by Crippen LogP contribution is -2.22. The lowest BCUT2D eigenvalue weighted by molar-refractivity contribution is 0.0453. The molecule has 0 fully saturated rings. The van der Waals surface area contributed by atoms with Crippen LogP contribution in [0.1, 0.15) is 16.8 Å². The van der Waals surface area contributed by atoms with Crippen molar-refractivity contribution in [1.29, 1.82) is 0 Å². The Labute approximate surface area is 93.5 Å². The molecule has 1 heterocycles. The van der Waals surface area contributed by atoms with E-state index in [4.69, 9.17) is 4.74 Å². The largest absolute Gasteiger partial charge is 0.442 e. The van der Waals surface area contributed by atoms with Crippen LogP contribution < -0.4 is 0 Å². The van der Waals surface area contributed by atoms with E-state index in [0.29, 0.717) is 5.56 Å². The first-order chi connectivity index (χ1) is 7.59. The first kappa shape index (κ1) is 10.9. The van der Waals surface area contributed by atoms with E-state index in [1.54, 1.807) is 30.3 Å². The van der Waals surface area contributed by atoms with Gasteiger partial charge in [0.25, 0.3) is 0 Å². The van der Waals surface area contributed by atoms with Gasteiger partial charge in [-0.15, -0.1) is 0 Å². The zero-order valence-electron chi connectivity index (χ0n) is 8.37. The summed E-state index contributed by atoms with van der Waals surface area (Å²) >= 11 is 0. The molecule has 2 rings (SSSR count). The van der Waals surface area contributed by atoms with E-state index in [-0.39, 0.29) is 6.42 Å². The Balaban J connectivity index is 2.10. The van der Waals surface area contributed by atoms with Crippen molar-refractivity contribution < 1.29 is 17.9 Å². The summed E-state index contributed by atoms with van der Waals surface area (Å²) in [5, 5.41) is 1.08. The Morgan fingerprint density at radius 1 is 1.25 bits per heavy atom. The highest BCUT2D eigenvalue weighted by atomic mass is 32.2. The number of hydrogen-bond donors (Lipinski definition) is 0. The van der Waals surface area contributed by atoms with Crippen LogP contribution in [0.2, 0.25) is 0 Å². The average molecular weight is 238 g/mol. The molecule has 0 radical (unpaired) electrons. The van der Waals surface area contributed by atoms with Crippen LogP contribution in [0.15, 0.2) is 41.8 Å². The van der Waals surface area contributed by atoms with E-state index in [0.717, 1.165) is 5.41 Å². The van der Waals surface area contributed by atoms with Crippen LogP contribution in [0, 0.1) is 0 Å². The maximum atomic E-state index is 11.6. The molecule has 1 aromatic rings. The summed E-state index contributed by atoms with van der Waals surface area (Å²) in [7, 11) is -3.41. The van der Waals surface area contributed by atoms with Gasteiger partial charge in [-0.25, -0.2) is 13.2 Å². The summed E-state index contributed by atoms with van der Waals surface area (Å²) < 4.78 is 27.7. The number of ether oxygens (including phenoxy) is 1. The second-order valence-electron chi connectivity index (χ2n) is 3.40. The quantitative estimate of drug-likeness (QED) is 0.732. The fraction of sp³-hybridized carbons (Fsp3) is 0.182. The fourth-order valence-corrected chi connectivity index (χ4v) is 2.55. The third kappa shape index (κ3) is 2.14. The van der Waals surface area contributed by atoms with E-state index in [2.05, 4.69) is 0 Å². The van der Waals surface area contributed by atoms with Gasteiger partial charge >= 0.3 is 5.97 Å². The molecule has 1 atom stereocenters. The number of sulfone groups is 1. The SMILES string of the molecule is O=C(OC1CC=CS1(=O)=O)c1ccccc1. The fourth-order valence-electron chi connectivity index (χ4n) is 1.40. The van der Waals surface area contributed by atoms with Gasteiger partial charge in [0.1, 0.15) is 0 Å². The molecule has 0 saturated heterocycles. The molecule has 0 saturated carbocycles. The van der Waals surface area contributed by atoms with Crippen LogP contribution in [0.4, 0.5) is 0 Å². The number of hydrogen-bond acceptors (Lipinski definition) is 4. The highest BCUT2D eigenvalue weighted by Gasteiger charge is 2.30. The zero-order valence-corrected chi connectivity index (χ0v) is 9.18. The molecule has 1 aliphatic heterocycles. The third-order valence-electron chi connectivity index (χ3n) is 2.23. The molecule has 84 valence electrons. The van der Waals surface area contributed by atoms with Crippen LogP contribution in [-0.2, 0) is 14.6 Å². The summed E-state index contributed by atoms with van der Waals surface area (Å²) in [6.45, 7) is 0. The van der Waals surface area contributed by atoms with Gasteiger partial charge < -0.3 is 4.74 Å². The number of rotatable bonds is 2. The van der Waals surface area contributed by atoms with E-state index >= 15 is 0 Å². The Morgan fingerprint density at radius 3 is 2.50 bits per heavy atom. The molecule has 1 aromatic carbocycles. The predicted molar refractivity (Wildman–Crippen MR) is 58.3 cm³/mol. The van der Waals surface area contributed by atoms with E-state index in [1.807, 2.05) is 0 Å². The minimum absolute atomic E-state index is 0.223. The summed E-state index contributed by atoms with van der Waals surface area (Å²) in [6, 6.07) is 8.31. The van der Waals surface area contributed by atoms with Crippen molar-refractivity contribution in [3.63, 3.8) is 0 Å². The molecule has 0 N–H and O–H groups in total. The Morgan fingerprint density at radius 2 is 1.94 bits per heavy atom. The molecule has 0 amide bonds. The number of carbonyl (C=O) groups excluding carboxylic acids is 1. The number of esters is 1. The Kier molecular flexibility index (Phi) is 2.78. The lowest BCUT2D eigenvalue weighted by Gasteiger charge is -2.10. The van der Waals surface area contributed by atoms with Crippen molar-refractivity contribution in [3.05, 3.63) is 47.4 Å². The standard InChI is InChI=1S/C11H10O4S/c12-11(9-5-2-1-3-6-9)15-10-7-4-8-16(10,13)14/h1-6,8,10H,7H2. The van der Waals surface area contributed by atoms with Crippen molar-refractivity contribution in [2.24, 2.45) is 0 Å². The van der Waals surface area contributed by atoms with Gasteiger partial charge in [-0.05, 0) is 12.1 Å². The molecular weight excluding hydrogens is 228 g/mol. The minimum Gasteiger partial charge on any atom is -0.442 e. The molecule has 0 aromatic heterocycles. The molecular formula is C11H10O4S. The zero-order chi connectivity index (χ0) is 11.6. The van der Waals surface area contributed by atoms with Crippen molar-refractivity contribution in [2.75, 3.05) is 0 Å². The van der Waals surface area contributed by atoms with Gasteiger partial charge in [0.05, 0.1) is 5.56 Å². The third-order valence-corrected chi connectivity index (χ3v) is 3.82. The van der Waals surface area contributed by atoms with E-state index in [1.165, 1.54) is 6.08 Å². The van der Waals surface area contributed by atoms with Crippen LogP contribution in [-0.4, -0.2) is 19.8 Å².